The summed E-state index contributed by atoms with van der Waals surface area (Å²) in [7, 11) is 1.59. The van der Waals surface area contributed by atoms with Crippen LogP contribution < -0.4 is 15.4 Å². The van der Waals surface area contributed by atoms with Crippen molar-refractivity contribution in [3.63, 3.8) is 0 Å². The summed E-state index contributed by atoms with van der Waals surface area (Å²) in [5.41, 5.74) is 4.88. The molecular weight excluding hydrogens is 428 g/mol. The fraction of sp³-hybridized carbons (Fsp3) is 0.148. The minimum Gasteiger partial charge on any atom is -0.497 e. The van der Waals surface area contributed by atoms with Gasteiger partial charge in [0.25, 0.3) is 11.8 Å². The highest BCUT2D eigenvalue weighted by molar-refractivity contribution is 6.07. The Labute approximate surface area is 198 Å². The zero-order valence-electron chi connectivity index (χ0n) is 19.3. The molecule has 7 heteroatoms. The van der Waals surface area contributed by atoms with Crippen molar-refractivity contribution in [2.24, 2.45) is 0 Å². The first-order chi connectivity index (χ1) is 16.4. The third-order valence-electron chi connectivity index (χ3n) is 5.54. The number of amides is 2. The zero-order chi connectivity index (χ0) is 24.1. The van der Waals surface area contributed by atoms with E-state index in [-0.39, 0.29) is 11.8 Å². The van der Waals surface area contributed by atoms with E-state index in [2.05, 4.69) is 15.7 Å². The van der Waals surface area contributed by atoms with Crippen LogP contribution in [0.3, 0.4) is 0 Å². The average molecular weight is 455 g/mol. The number of carbonyl (C=O) groups excluding carboxylic acids is 2. The molecule has 0 saturated carbocycles. The molecule has 172 valence electrons. The van der Waals surface area contributed by atoms with Crippen LogP contribution in [0.4, 0.5) is 11.4 Å². The highest BCUT2D eigenvalue weighted by Gasteiger charge is 2.19. The lowest BCUT2D eigenvalue weighted by Crippen LogP contribution is -2.15. The van der Waals surface area contributed by atoms with E-state index in [1.807, 2.05) is 48.9 Å². The van der Waals surface area contributed by atoms with Gasteiger partial charge in [0.05, 0.1) is 24.9 Å². The summed E-state index contributed by atoms with van der Waals surface area (Å²) in [5, 5.41) is 10.3. The third-order valence-corrected chi connectivity index (χ3v) is 5.54. The topological polar surface area (TPSA) is 85.2 Å². The van der Waals surface area contributed by atoms with Gasteiger partial charge in [0.15, 0.2) is 0 Å². The lowest BCUT2D eigenvalue weighted by Gasteiger charge is -2.09. The van der Waals surface area contributed by atoms with Gasteiger partial charge in [-0.3, -0.25) is 14.3 Å². The molecule has 1 aromatic heterocycles. The Morgan fingerprint density at radius 2 is 1.41 bits per heavy atom. The number of hydrogen-bond donors (Lipinski definition) is 2. The lowest BCUT2D eigenvalue weighted by molar-refractivity contribution is 0.101. The van der Waals surface area contributed by atoms with Crippen LogP contribution in [0.5, 0.6) is 5.75 Å². The first kappa shape index (κ1) is 22.8. The molecular formula is C27H26N4O3. The molecule has 3 aromatic carbocycles. The Bertz CT molecular complexity index is 1290. The minimum atomic E-state index is -0.239. The molecule has 2 N–H and O–H groups in total. The molecule has 0 saturated heterocycles. The first-order valence-electron chi connectivity index (χ1n) is 10.9. The van der Waals surface area contributed by atoms with Crippen molar-refractivity contribution in [2.45, 2.75) is 20.4 Å². The SMILES string of the molecule is COc1ccc(NC(=O)c2ccc(NC(=O)c3c(C)nn(Cc4ccccc4)c3C)cc2)cc1. The van der Waals surface area contributed by atoms with E-state index in [0.717, 1.165) is 11.3 Å². The summed E-state index contributed by atoms with van der Waals surface area (Å²) in [6.45, 7) is 4.32. The van der Waals surface area contributed by atoms with Crippen LogP contribution in [-0.2, 0) is 6.54 Å². The predicted octanol–water partition coefficient (Wildman–Crippen LogP) is 5.06. The van der Waals surface area contributed by atoms with Gasteiger partial charge >= 0.3 is 0 Å². The van der Waals surface area contributed by atoms with Gasteiger partial charge in [0, 0.05) is 22.6 Å². The van der Waals surface area contributed by atoms with Crippen LogP contribution in [-0.4, -0.2) is 28.7 Å². The molecule has 0 atom stereocenters. The Balaban J connectivity index is 1.42. The van der Waals surface area contributed by atoms with E-state index < -0.39 is 0 Å². The van der Waals surface area contributed by atoms with E-state index >= 15 is 0 Å². The number of aryl methyl sites for hydroxylation is 1. The molecule has 0 aliphatic heterocycles. The molecule has 1 heterocycles. The summed E-state index contributed by atoms with van der Waals surface area (Å²) in [4.78, 5) is 25.5. The van der Waals surface area contributed by atoms with E-state index in [1.54, 1.807) is 55.6 Å². The molecule has 0 bridgehead atoms. The van der Waals surface area contributed by atoms with E-state index in [4.69, 9.17) is 4.74 Å². The van der Waals surface area contributed by atoms with Crippen LogP contribution in [0.25, 0.3) is 0 Å². The first-order valence-corrected chi connectivity index (χ1v) is 10.9. The largest absolute Gasteiger partial charge is 0.497 e. The molecule has 0 fully saturated rings. The minimum absolute atomic E-state index is 0.232. The number of nitrogens with one attached hydrogen (secondary N) is 2. The van der Waals surface area contributed by atoms with Gasteiger partial charge in [-0.1, -0.05) is 30.3 Å². The number of ether oxygens (including phenoxy) is 1. The molecule has 7 nitrogen and oxygen atoms in total. The lowest BCUT2D eigenvalue weighted by atomic mass is 10.1. The van der Waals surface area contributed by atoms with Gasteiger partial charge in [-0.25, -0.2) is 0 Å². The van der Waals surface area contributed by atoms with Crippen LogP contribution in [0.15, 0.2) is 78.9 Å². The summed E-state index contributed by atoms with van der Waals surface area (Å²) < 4.78 is 6.97. The fourth-order valence-corrected chi connectivity index (χ4v) is 3.71. The van der Waals surface area contributed by atoms with Gasteiger partial charge in [0.2, 0.25) is 0 Å². The molecule has 2 amide bonds. The molecule has 0 radical (unpaired) electrons. The molecule has 0 aliphatic rings. The standard InChI is InChI=1S/C27H26N4O3/c1-18-25(19(2)31(30-18)17-20-7-5-4-6-8-20)27(33)29-22-11-9-21(10-12-22)26(32)28-23-13-15-24(34-3)16-14-23/h4-16H,17H2,1-3H3,(H,28,32)(H,29,33). The Hall–Kier alpha value is -4.39. The van der Waals surface area contributed by atoms with Gasteiger partial charge in [-0.05, 0) is 67.9 Å². The molecule has 34 heavy (non-hydrogen) atoms. The number of benzene rings is 3. The monoisotopic (exact) mass is 454 g/mol. The summed E-state index contributed by atoms with van der Waals surface area (Å²) in [5.74, 6) is 0.246. The summed E-state index contributed by atoms with van der Waals surface area (Å²) >= 11 is 0. The van der Waals surface area contributed by atoms with Crippen molar-refractivity contribution in [3.8, 4) is 5.75 Å². The number of anilines is 2. The van der Waals surface area contributed by atoms with Crippen molar-refractivity contribution >= 4 is 23.2 Å². The van der Waals surface area contributed by atoms with Crippen molar-refractivity contribution in [2.75, 3.05) is 17.7 Å². The number of hydrogen-bond acceptors (Lipinski definition) is 4. The molecule has 0 spiro atoms. The highest BCUT2D eigenvalue weighted by atomic mass is 16.5. The van der Waals surface area contributed by atoms with Crippen molar-refractivity contribution in [3.05, 3.63) is 107 Å². The summed E-state index contributed by atoms with van der Waals surface area (Å²) in [6.07, 6.45) is 0. The predicted molar refractivity (Wildman–Crippen MR) is 133 cm³/mol. The maximum atomic E-state index is 13.0. The van der Waals surface area contributed by atoms with Crippen LogP contribution in [0.1, 0.15) is 37.7 Å². The molecule has 4 aromatic rings. The third kappa shape index (κ3) is 5.15. The van der Waals surface area contributed by atoms with Crippen LogP contribution >= 0.6 is 0 Å². The average Bonchev–Trinajstić information content (AvgIpc) is 3.13. The molecule has 0 unspecified atom stereocenters. The van der Waals surface area contributed by atoms with Crippen molar-refractivity contribution in [1.82, 2.24) is 9.78 Å². The van der Waals surface area contributed by atoms with Gasteiger partial charge in [-0.15, -0.1) is 0 Å². The Kier molecular flexibility index (Phi) is 6.73. The van der Waals surface area contributed by atoms with Crippen molar-refractivity contribution in [1.29, 1.82) is 0 Å². The van der Waals surface area contributed by atoms with Crippen molar-refractivity contribution < 1.29 is 14.3 Å². The van der Waals surface area contributed by atoms with Gasteiger partial charge in [0.1, 0.15) is 5.75 Å². The number of aromatic nitrogens is 2. The Morgan fingerprint density at radius 1 is 0.824 bits per heavy atom. The highest BCUT2D eigenvalue weighted by Crippen LogP contribution is 2.19. The number of nitrogens with zero attached hydrogens (tertiary/aromatic N) is 2. The number of carbonyl (C=O) groups is 2. The molecule has 0 aliphatic carbocycles. The van der Waals surface area contributed by atoms with E-state index in [0.29, 0.717) is 40.5 Å². The zero-order valence-corrected chi connectivity index (χ0v) is 19.3. The normalized spacial score (nSPS) is 10.6. The maximum Gasteiger partial charge on any atom is 0.259 e. The van der Waals surface area contributed by atoms with Crippen LogP contribution in [0, 0.1) is 13.8 Å². The maximum absolute atomic E-state index is 13.0. The van der Waals surface area contributed by atoms with Gasteiger partial charge in [-0.2, -0.15) is 5.10 Å². The quantitative estimate of drug-likeness (QED) is 0.409. The fourth-order valence-electron chi connectivity index (χ4n) is 3.71. The number of rotatable bonds is 7. The van der Waals surface area contributed by atoms with Gasteiger partial charge < -0.3 is 15.4 Å². The second kappa shape index (κ2) is 10.0. The Morgan fingerprint density at radius 3 is 2.03 bits per heavy atom. The second-order valence-electron chi connectivity index (χ2n) is 7.90. The summed E-state index contributed by atoms with van der Waals surface area (Å²) in [6, 6.07) is 23.9. The van der Waals surface area contributed by atoms with Crippen LogP contribution in [0.2, 0.25) is 0 Å². The molecule has 4 rings (SSSR count). The number of methoxy groups -OCH3 is 1. The smallest absolute Gasteiger partial charge is 0.259 e. The second-order valence-corrected chi connectivity index (χ2v) is 7.90. The van der Waals surface area contributed by atoms with E-state index in [1.165, 1.54) is 0 Å². The van der Waals surface area contributed by atoms with E-state index in [9.17, 15) is 9.59 Å².